The molecule has 1 amide bonds. The van der Waals surface area contributed by atoms with E-state index in [4.69, 9.17) is 4.74 Å². The first kappa shape index (κ1) is 18.4. The van der Waals surface area contributed by atoms with Crippen molar-refractivity contribution < 1.29 is 9.53 Å². The Balaban J connectivity index is 1.65. The molecule has 2 aromatic heterocycles. The van der Waals surface area contributed by atoms with Crippen molar-refractivity contribution in [3.05, 3.63) is 75.8 Å². The average Bonchev–Trinajstić information content (AvgIpc) is 3.21. The van der Waals surface area contributed by atoms with E-state index in [0.29, 0.717) is 17.7 Å². The second-order valence-electron chi connectivity index (χ2n) is 7.27. The van der Waals surface area contributed by atoms with Crippen molar-refractivity contribution in [2.45, 2.75) is 32.4 Å². The molecule has 6 nitrogen and oxygen atoms in total. The molecule has 28 heavy (non-hydrogen) atoms. The summed E-state index contributed by atoms with van der Waals surface area (Å²) in [5, 5.41) is 0.952. The Bertz CT molecular complexity index is 1040. The van der Waals surface area contributed by atoms with Gasteiger partial charge in [0.15, 0.2) is 0 Å². The van der Waals surface area contributed by atoms with E-state index >= 15 is 0 Å². The van der Waals surface area contributed by atoms with E-state index in [0.717, 1.165) is 35.9 Å². The largest absolute Gasteiger partial charge is 0.376 e. The number of hydrogen-bond donors (Lipinski definition) is 1. The molecule has 0 radical (unpaired) electrons. The molecule has 3 heterocycles. The second kappa shape index (κ2) is 7.94. The molecule has 1 aliphatic heterocycles. The normalized spacial score (nSPS) is 16.4. The minimum atomic E-state index is -0.169. The molecule has 3 aromatic rings. The third-order valence-electron chi connectivity index (χ3n) is 5.10. The third kappa shape index (κ3) is 3.97. The second-order valence-corrected chi connectivity index (χ2v) is 7.27. The molecule has 1 saturated heterocycles. The summed E-state index contributed by atoms with van der Waals surface area (Å²) in [7, 11) is 0. The quantitative estimate of drug-likeness (QED) is 0.742. The zero-order chi connectivity index (χ0) is 19.5. The van der Waals surface area contributed by atoms with Crippen molar-refractivity contribution in [2.24, 2.45) is 0 Å². The number of carbonyl (C=O) groups excluding carboxylic acids is 1. The van der Waals surface area contributed by atoms with Crippen LogP contribution in [0.5, 0.6) is 0 Å². The first-order chi connectivity index (χ1) is 13.6. The predicted molar refractivity (Wildman–Crippen MR) is 107 cm³/mol. The maximum atomic E-state index is 13.1. The molecule has 1 N–H and O–H groups in total. The lowest BCUT2D eigenvalue weighted by molar-refractivity contribution is 0.0506. The molecule has 1 unspecified atom stereocenters. The van der Waals surface area contributed by atoms with Crippen LogP contribution in [0.3, 0.4) is 0 Å². The number of aryl methyl sites for hydroxylation is 1. The molecule has 0 saturated carbocycles. The number of carbonyl (C=O) groups is 1. The third-order valence-corrected chi connectivity index (χ3v) is 5.10. The fourth-order valence-corrected chi connectivity index (χ4v) is 3.61. The minimum Gasteiger partial charge on any atom is -0.376 e. The van der Waals surface area contributed by atoms with Crippen LogP contribution in [0.4, 0.5) is 0 Å². The van der Waals surface area contributed by atoms with E-state index in [1.165, 1.54) is 0 Å². The highest BCUT2D eigenvalue weighted by molar-refractivity contribution is 5.94. The van der Waals surface area contributed by atoms with Crippen molar-refractivity contribution in [2.75, 3.05) is 13.2 Å². The molecule has 1 atom stereocenters. The van der Waals surface area contributed by atoms with Crippen LogP contribution in [-0.4, -0.2) is 40.0 Å². The van der Waals surface area contributed by atoms with Crippen LogP contribution in [0.15, 0.2) is 53.6 Å². The zero-order valence-electron chi connectivity index (χ0n) is 15.9. The van der Waals surface area contributed by atoms with E-state index in [-0.39, 0.29) is 24.1 Å². The number of amides is 1. The highest BCUT2D eigenvalue weighted by Crippen LogP contribution is 2.18. The SMILES string of the molecule is Cc1ccc2cc(CN(CC3CCCO3)C(=O)c3ccncc3)c(=O)[nH]c2c1. The first-order valence-corrected chi connectivity index (χ1v) is 9.53. The molecule has 4 rings (SSSR count). The number of pyridine rings is 2. The van der Waals surface area contributed by atoms with Crippen LogP contribution >= 0.6 is 0 Å². The van der Waals surface area contributed by atoms with Crippen molar-refractivity contribution in [1.82, 2.24) is 14.9 Å². The number of benzene rings is 1. The molecule has 0 spiro atoms. The fraction of sp³-hybridized carbons (Fsp3) is 0.318. The number of hydrogen-bond acceptors (Lipinski definition) is 4. The average molecular weight is 377 g/mol. The van der Waals surface area contributed by atoms with E-state index in [1.807, 2.05) is 31.2 Å². The van der Waals surface area contributed by atoms with Gasteiger partial charge in [0, 0.05) is 42.2 Å². The number of fused-ring (bicyclic) bond motifs is 1. The van der Waals surface area contributed by atoms with Crippen LogP contribution in [0.2, 0.25) is 0 Å². The van der Waals surface area contributed by atoms with Crippen molar-refractivity contribution in [3.8, 4) is 0 Å². The number of H-pyrrole nitrogens is 1. The first-order valence-electron chi connectivity index (χ1n) is 9.53. The molecule has 144 valence electrons. The van der Waals surface area contributed by atoms with E-state index < -0.39 is 0 Å². The van der Waals surface area contributed by atoms with Crippen molar-refractivity contribution in [1.29, 1.82) is 0 Å². The Hall–Kier alpha value is -2.99. The topological polar surface area (TPSA) is 75.3 Å². The number of rotatable bonds is 5. The van der Waals surface area contributed by atoms with Gasteiger partial charge in [-0.3, -0.25) is 14.6 Å². The minimum absolute atomic E-state index is 0.00738. The molecule has 1 aliphatic rings. The van der Waals surface area contributed by atoms with Crippen molar-refractivity contribution >= 4 is 16.8 Å². The summed E-state index contributed by atoms with van der Waals surface area (Å²) in [6.45, 7) is 3.41. The molecule has 1 aromatic carbocycles. The maximum Gasteiger partial charge on any atom is 0.254 e. The zero-order valence-corrected chi connectivity index (χ0v) is 15.9. The molecule has 0 aliphatic carbocycles. The Morgan fingerprint density at radius 2 is 2.07 bits per heavy atom. The van der Waals surface area contributed by atoms with Gasteiger partial charge in [0.1, 0.15) is 0 Å². The summed E-state index contributed by atoms with van der Waals surface area (Å²) in [6.07, 6.45) is 5.13. The maximum absolute atomic E-state index is 13.1. The Morgan fingerprint density at radius 1 is 1.25 bits per heavy atom. The number of aromatic amines is 1. The smallest absolute Gasteiger partial charge is 0.254 e. The van der Waals surface area contributed by atoms with Gasteiger partial charge < -0.3 is 14.6 Å². The van der Waals surface area contributed by atoms with Gasteiger partial charge in [0.2, 0.25) is 0 Å². The summed E-state index contributed by atoms with van der Waals surface area (Å²) in [6, 6.07) is 11.2. The Kier molecular flexibility index (Phi) is 5.21. The van der Waals surface area contributed by atoms with Gasteiger partial charge in [-0.05, 0) is 55.0 Å². The molecule has 1 fully saturated rings. The van der Waals surface area contributed by atoms with Crippen LogP contribution < -0.4 is 5.56 Å². The van der Waals surface area contributed by atoms with Crippen LogP contribution in [0.25, 0.3) is 10.9 Å². The Morgan fingerprint density at radius 3 is 2.82 bits per heavy atom. The Labute approximate surface area is 163 Å². The van der Waals surface area contributed by atoms with E-state index in [9.17, 15) is 9.59 Å². The van der Waals surface area contributed by atoms with Gasteiger partial charge in [-0.2, -0.15) is 0 Å². The molecule has 6 heteroatoms. The lowest BCUT2D eigenvalue weighted by Gasteiger charge is -2.25. The van der Waals surface area contributed by atoms with Gasteiger partial charge >= 0.3 is 0 Å². The highest BCUT2D eigenvalue weighted by Gasteiger charge is 2.24. The lowest BCUT2D eigenvalue weighted by Crippen LogP contribution is -2.38. The summed E-state index contributed by atoms with van der Waals surface area (Å²) in [5.74, 6) is -0.124. The van der Waals surface area contributed by atoms with Gasteiger partial charge in [0.05, 0.1) is 12.6 Å². The van der Waals surface area contributed by atoms with Crippen LogP contribution in [0.1, 0.15) is 34.3 Å². The lowest BCUT2D eigenvalue weighted by atomic mass is 10.1. The molecular formula is C22H23N3O3. The molecular weight excluding hydrogens is 354 g/mol. The van der Waals surface area contributed by atoms with Crippen LogP contribution in [0, 0.1) is 6.92 Å². The monoisotopic (exact) mass is 377 g/mol. The number of nitrogens with zero attached hydrogens (tertiary/aromatic N) is 2. The van der Waals surface area contributed by atoms with E-state index in [2.05, 4.69) is 9.97 Å². The highest BCUT2D eigenvalue weighted by atomic mass is 16.5. The number of aromatic nitrogens is 2. The van der Waals surface area contributed by atoms with Crippen molar-refractivity contribution in [3.63, 3.8) is 0 Å². The molecule has 0 bridgehead atoms. The summed E-state index contributed by atoms with van der Waals surface area (Å²) in [4.78, 5) is 34.4. The summed E-state index contributed by atoms with van der Waals surface area (Å²) < 4.78 is 5.73. The van der Waals surface area contributed by atoms with Gasteiger partial charge in [-0.25, -0.2) is 0 Å². The number of nitrogens with one attached hydrogen (secondary N) is 1. The summed E-state index contributed by atoms with van der Waals surface area (Å²) >= 11 is 0. The fourth-order valence-electron chi connectivity index (χ4n) is 3.61. The summed E-state index contributed by atoms with van der Waals surface area (Å²) in [5.41, 5.74) is 2.85. The van der Waals surface area contributed by atoms with Gasteiger partial charge in [0.25, 0.3) is 11.5 Å². The standard InChI is InChI=1S/C22H23N3O3/c1-15-4-5-17-12-18(21(26)24-20(17)11-15)13-25(14-19-3-2-10-28-19)22(27)16-6-8-23-9-7-16/h4-9,11-12,19H,2-3,10,13-14H2,1H3,(H,24,26). The number of ether oxygens (including phenoxy) is 1. The predicted octanol–water partition coefficient (Wildman–Crippen LogP) is 3.05. The van der Waals surface area contributed by atoms with Gasteiger partial charge in [-0.1, -0.05) is 12.1 Å². The van der Waals surface area contributed by atoms with Crippen LogP contribution in [-0.2, 0) is 11.3 Å². The van der Waals surface area contributed by atoms with Gasteiger partial charge in [-0.15, -0.1) is 0 Å². The van der Waals surface area contributed by atoms with E-state index in [1.54, 1.807) is 29.4 Å².